The molecule has 4 nitrogen and oxygen atoms in total. The van der Waals surface area contributed by atoms with E-state index in [1.807, 2.05) is 6.92 Å². The van der Waals surface area contributed by atoms with Gasteiger partial charge in [-0.3, -0.25) is 8.98 Å². The Bertz CT molecular complexity index is 488. The van der Waals surface area contributed by atoms with Crippen LogP contribution >= 0.6 is 0 Å². The molecule has 5 heteroatoms. The molecule has 17 heavy (non-hydrogen) atoms. The Kier molecular flexibility index (Phi) is 4.42. The van der Waals surface area contributed by atoms with Gasteiger partial charge < -0.3 is 0 Å². The number of carbonyl (C=O) groups is 1. The van der Waals surface area contributed by atoms with Crippen LogP contribution in [0.15, 0.2) is 29.2 Å². The summed E-state index contributed by atoms with van der Waals surface area (Å²) in [6.07, 6.45) is 0. The number of carbonyl (C=O) groups excluding carboxylic acids is 1. The third-order valence-corrected chi connectivity index (χ3v) is 3.77. The average molecular weight is 256 g/mol. The van der Waals surface area contributed by atoms with Crippen molar-refractivity contribution in [2.24, 2.45) is 5.92 Å². The van der Waals surface area contributed by atoms with Gasteiger partial charge in [-0.15, -0.1) is 0 Å². The topological polar surface area (TPSA) is 60.4 Å². The van der Waals surface area contributed by atoms with Gasteiger partial charge in [0.15, 0.2) is 0 Å². The number of hydrogen-bond donors (Lipinski definition) is 0. The van der Waals surface area contributed by atoms with Crippen LogP contribution in [0.3, 0.4) is 0 Å². The molecule has 1 unspecified atom stereocenters. The van der Waals surface area contributed by atoms with E-state index in [-0.39, 0.29) is 17.3 Å². The first-order valence-corrected chi connectivity index (χ1v) is 6.70. The molecule has 1 rings (SSSR count). The zero-order valence-corrected chi connectivity index (χ0v) is 11.0. The van der Waals surface area contributed by atoms with Crippen LogP contribution in [0.5, 0.6) is 0 Å². The Morgan fingerprint density at radius 3 is 2.29 bits per heavy atom. The van der Waals surface area contributed by atoms with Crippen LogP contribution in [0.4, 0.5) is 0 Å². The van der Waals surface area contributed by atoms with Gasteiger partial charge in [-0.2, -0.15) is 8.42 Å². The second kappa shape index (κ2) is 5.42. The lowest BCUT2D eigenvalue weighted by molar-refractivity contribution is -0.120. The second-order valence-corrected chi connectivity index (χ2v) is 5.68. The fraction of sp³-hybridized carbons (Fsp3) is 0.417. The molecule has 0 saturated carbocycles. The van der Waals surface area contributed by atoms with E-state index in [4.69, 9.17) is 4.18 Å². The molecule has 0 saturated heterocycles. The minimum Gasteiger partial charge on any atom is -0.300 e. The van der Waals surface area contributed by atoms with Gasteiger partial charge in [-0.25, -0.2) is 0 Å². The monoisotopic (exact) mass is 256 g/mol. The Morgan fingerprint density at radius 2 is 1.82 bits per heavy atom. The summed E-state index contributed by atoms with van der Waals surface area (Å²) in [5.74, 6) is -0.515. The molecule has 0 radical (unpaired) electrons. The first-order chi connectivity index (χ1) is 7.83. The predicted molar refractivity (Wildman–Crippen MR) is 64.2 cm³/mol. The largest absolute Gasteiger partial charge is 0.300 e. The van der Waals surface area contributed by atoms with Crippen molar-refractivity contribution >= 4 is 15.9 Å². The van der Waals surface area contributed by atoms with Gasteiger partial charge in [0.1, 0.15) is 5.78 Å². The average Bonchev–Trinajstić information content (AvgIpc) is 2.26. The van der Waals surface area contributed by atoms with E-state index in [9.17, 15) is 13.2 Å². The van der Waals surface area contributed by atoms with E-state index in [1.54, 1.807) is 19.1 Å². The highest BCUT2D eigenvalue weighted by Crippen LogP contribution is 2.14. The number of aryl methyl sites for hydroxylation is 1. The molecule has 1 aromatic rings. The summed E-state index contributed by atoms with van der Waals surface area (Å²) in [4.78, 5) is 11.1. The molecule has 0 bridgehead atoms. The molecule has 1 aromatic carbocycles. The highest BCUT2D eigenvalue weighted by atomic mass is 32.2. The fourth-order valence-electron chi connectivity index (χ4n) is 1.08. The summed E-state index contributed by atoms with van der Waals surface area (Å²) in [5, 5.41) is 0. The SMILES string of the molecule is CC(=O)C(C)COS(=O)(=O)c1ccc(C)cc1. The van der Waals surface area contributed by atoms with Crippen LogP contribution in [-0.4, -0.2) is 20.8 Å². The van der Waals surface area contributed by atoms with Crippen molar-refractivity contribution in [1.82, 2.24) is 0 Å². The van der Waals surface area contributed by atoms with Crippen LogP contribution in [0, 0.1) is 12.8 Å². The maximum Gasteiger partial charge on any atom is 0.296 e. The lowest BCUT2D eigenvalue weighted by atomic mass is 10.1. The molecule has 0 spiro atoms. The normalized spacial score (nSPS) is 13.4. The van der Waals surface area contributed by atoms with Crippen LogP contribution in [0.1, 0.15) is 19.4 Å². The van der Waals surface area contributed by atoms with Gasteiger partial charge in [0, 0.05) is 5.92 Å². The van der Waals surface area contributed by atoms with Crippen molar-refractivity contribution in [2.75, 3.05) is 6.61 Å². The zero-order chi connectivity index (χ0) is 13.1. The van der Waals surface area contributed by atoms with Gasteiger partial charge in [0.05, 0.1) is 11.5 Å². The Balaban J connectivity index is 2.76. The molecular formula is C12H16O4S. The Labute approximate surface area is 102 Å². The van der Waals surface area contributed by atoms with Crippen molar-refractivity contribution in [3.63, 3.8) is 0 Å². The standard InChI is InChI=1S/C12H16O4S/c1-9-4-6-12(7-5-9)17(14,15)16-8-10(2)11(3)13/h4-7,10H,8H2,1-3H3. The van der Waals surface area contributed by atoms with Crippen LogP contribution in [-0.2, 0) is 19.1 Å². The number of ketones is 1. The van der Waals surface area contributed by atoms with Crippen molar-refractivity contribution in [2.45, 2.75) is 25.7 Å². The molecular weight excluding hydrogens is 240 g/mol. The van der Waals surface area contributed by atoms with Crippen molar-refractivity contribution < 1.29 is 17.4 Å². The van der Waals surface area contributed by atoms with Gasteiger partial charge in [0.25, 0.3) is 10.1 Å². The van der Waals surface area contributed by atoms with Gasteiger partial charge >= 0.3 is 0 Å². The van der Waals surface area contributed by atoms with Gasteiger partial charge in [0.2, 0.25) is 0 Å². The molecule has 0 N–H and O–H groups in total. The molecule has 0 fully saturated rings. The third kappa shape index (κ3) is 3.94. The number of benzene rings is 1. The first-order valence-electron chi connectivity index (χ1n) is 5.29. The maximum absolute atomic E-state index is 11.7. The Hall–Kier alpha value is -1.20. The fourth-order valence-corrected chi connectivity index (χ4v) is 2.07. The highest BCUT2D eigenvalue weighted by molar-refractivity contribution is 7.86. The van der Waals surface area contributed by atoms with Crippen molar-refractivity contribution in [1.29, 1.82) is 0 Å². The van der Waals surface area contributed by atoms with Gasteiger partial charge in [-0.1, -0.05) is 24.6 Å². The third-order valence-electron chi connectivity index (χ3n) is 2.48. The van der Waals surface area contributed by atoms with Gasteiger partial charge in [-0.05, 0) is 26.0 Å². The van der Waals surface area contributed by atoms with E-state index in [1.165, 1.54) is 19.1 Å². The van der Waals surface area contributed by atoms with E-state index >= 15 is 0 Å². The summed E-state index contributed by atoms with van der Waals surface area (Å²) >= 11 is 0. The minimum absolute atomic E-state index is 0.0934. The predicted octanol–water partition coefficient (Wildman–Crippen LogP) is 1.93. The van der Waals surface area contributed by atoms with Crippen LogP contribution < -0.4 is 0 Å². The molecule has 0 heterocycles. The summed E-state index contributed by atoms with van der Waals surface area (Å²) in [5.41, 5.74) is 0.973. The quantitative estimate of drug-likeness (QED) is 0.755. The second-order valence-electron chi connectivity index (χ2n) is 4.06. The van der Waals surface area contributed by atoms with Crippen LogP contribution in [0.25, 0.3) is 0 Å². The smallest absolute Gasteiger partial charge is 0.296 e. The summed E-state index contributed by atoms with van der Waals surface area (Å²) in [6.45, 7) is 4.79. The van der Waals surface area contributed by atoms with E-state index in [0.29, 0.717) is 0 Å². The lowest BCUT2D eigenvalue weighted by Gasteiger charge is -2.09. The maximum atomic E-state index is 11.7. The summed E-state index contributed by atoms with van der Waals surface area (Å²) in [7, 11) is -3.76. The van der Waals surface area contributed by atoms with E-state index < -0.39 is 16.0 Å². The zero-order valence-electron chi connectivity index (χ0n) is 10.1. The van der Waals surface area contributed by atoms with E-state index in [0.717, 1.165) is 5.56 Å². The summed E-state index contributed by atoms with van der Waals surface area (Å²) < 4.78 is 28.3. The molecule has 0 aliphatic carbocycles. The first kappa shape index (κ1) is 13.9. The van der Waals surface area contributed by atoms with E-state index in [2.05, 4.69) is 0 Å². The molecule has 0 amide bonds. The lowest BCUT2D eigenvalue weighted by Crippen LogP contribution is -2.17. The van der Waals surface area contributed by atoms with Crippen molar-refractivity contribution in [3.05, 3.63) is 29.8 Å². The molecule has 0 aliphatic rings. The number of rotatable bonds is 5. The molecule has 1 atom stereocenters. The molecule has 94 valence electrons. The molecule has 0 aliphatic heterocycles. The van der Waals surface area contributed by atoms with Crippen molar-refractivity contribution in [3.8, 4) is 0 Å². The highest BCUT2D eigenvalue weighted by Gasteiger charge is 2.18. The number of hydrogen-bond acceptors (Lipinski definition) is 4. The summed E-state index contributed by atoms with van der Waals surface area (Å²) in [6, 6.07) is 6.38. The Morgan fingerprint density at radius 1 is 1.29 bits per heavy atom. The number of Topliss-reactive ketones (excluding diaryl/α,β-unsaturated/α-hetero) is 1. The minimum atomic E-state index is -3.76. The molecule has 0 aromatic heterocycles. The van der Waals surface area contributed by atoms with Crippen LogP contribution in [0.2, 0.25) is 0 Å².